The van der Waals surface area contributed by atoms with Crippen LogP contribution in [0.4, 0.5) is 17.6 Å². The maximum atomic E-state index is 14.6. The summed E-state index contributed by atoms with van der Waals surface area (Å²) in [6.07, 6.45) is -2.00. The molecule has 1 saturated heterocycles. The molecule has 0 spiro atoms. The fourth-order valence-electron chi connectivity index (χ4n) is 2.80. The van der Waals surface area contributed by atoms with E-state index < -0.39 is 29.2 Å². The Morgan fingerprint density at radius 3 is 2.42 bits per heavy atom. The number of halogens is 5. The normalized spacial score (nSPS) is 17.1. The van der Waals surface area contributed by atoms with Gasteiger partial charge in [0.25, 0.3) is 0 Å². The summed E-state index contributed by atoms with van der Waals surface area (Å²) in [5.74, 6) is 4.41. The van der Waals surface area contributed by atoms with Gasteiger partial charge < -0.3 is 0 Å². The highest BCUT2D eigenvalue weighted by atomic mass is 35.5. The highest BCUT2D eigenvalue weighted by Gasteiger charge is 2.39. The maximum Gasteiger partial charge on any atom is 0.416 e. The summed E-state index contributed by atoms with van der Waals surface area (Å²) in [4.78, 5) is 1.78. The molecule has 1 unspecified atom stereocenters. The molecule has 0 N–H and O–H groups in total. The SMILES string of the molecule is C=C(C)C#CC(c1c(C(F)(F)F)ccc(Cl)c1F)N1CCCCC1. The number of hydrogen-bond acceptors (Lipinski definition) is 1. The molecule has 0 bridgehead atoms. The Bertz CT molecular complexity index is 679. The quantitative estimate of drug-likeness (QED) is 0.490. The Morgan fingerprint density at radius 1 is 1.25 bits per heavy atom. The summed E-state index contributed by atoms with van der Waals surface area (Å²) >= 11 is 5.75. The molecule has 1 fully saturated rings. The third-order valence-electron chi connectivity index (χ3n) is 3.89. The minimum Gasteiger partial charge on any atom is -0.286 e. The van der Waals surface area contributed by atoms with Gasteiger partial charge in [0.05, 0.1) is 10.6 Å². The summed E-state index contributed by atoms with van der Waals surface area (Å²) in [7, 11) is 0. The van der Waals surface area contributed by atoms with Gasteiger partial charge in [0.15, 0.2) is 0 Å². The zero-order chi connectivity index (χ0) is 17.9. The standard InChI is InChI=1S/C18H18ClF4N/c1-12(2)6-9-15(24-10-4-3-5-11-24)16-13(18(21,22)23)7-8-14(19)17(16)20/h7-8,15H,1,3-5,10-11H2,2H3. The van der Waals surface area contributed by atoms with Gasteiger partial charge in [-0.3, -0.25) is 4.90 Å². The molecule has 130 valence electrons. The number of piperidine rings is 1. The smallest absolute Gasteiger partial charge is 0.286 e. The molecule has 0 radical (unpaired) electrons. The van der Waals surface area contributed by atoms with Crippen LogP contribution >= 0.6 is 11.6 Å². The van der Waals surface area contributed by atoms with E-state index in [1.165, 1.54) is 0 Å². The first kappa shape index (κ1) is 18.8. The Labute approximate surface area is 144 Å². The van der Waals surface area contributed by atoms with Crippen LogP contribution in [-0.4, -0.2) is 18.0 Å². The molecule has 1 aromatic carbocycles. The Kier molecular flexibility index (Phi) is 5.95. The maximum absolute atomic E-state index is 14.6. The minimum absolute atomic E-state index is 0.336. The minimum atomic E-state index is -4.68. The van der Waals surface area contributed by atoms with Crippen LogP contribution in [0.3, 0.4) is 0 Å². The van der Waals surface area contributed by atoms with Crippen LogP contribution in [0.25, 0.3) is 0 Å². The lowest BCUT2D eigenvalue weighted by atomic mass is 9.96. The number of rotatable bonds is 2. The van der Waals surface area contributed by atoms with Gasteiger partial charge in [-0.2, -0.15) is 13.2 Å². The second-order valence-electron chi connectivity index (χ2n) is 5.87. The number of likely N-dealkylation sites (tertiary alicyclic amines) is 1. The van der Waals surface area contributed by atoms with Crippen molar-refractivity contribution in [3.63, 3.8) is 0 Å². The van der Waals surface area contributed by atoms with Crippen LogP contribution in [0.15, 0.2) is 24.3 Å². The van der Waals surface area contributed by atoms with E-state index >= 15 is 0 Å². The second kappa shape index (κ2) is 7.58. The van der Waals surface area contributed by atoms with Crippen molar-refractivity contribution in [2.75, 3.05) is 13.1 Å². The van der Waals surface area contributed by atoms with Gasteiger partial charge in [-0.05, 0) is 50.6 Å². The van der Waals surface area contributed by atoms with Crippen LogP contribution in [0, 0.1) is 17.7 Å². The highest BCUT2D eigenvalue weighted by Crippen LogP contribution is 2.40. The Balaban J connectivity index is 2.62. The zero-order valence-electron chi connectivity index (χ0n) is 13.3. The van der Waals surface area contributed by atoms with E-state index in [4.69, 9.17) is 11.6 Å². The predicted molar refractivity (Wildman–Crippen MR) is 87.2 cm³/mol. The number of allylic oxidation sites excluding steroid dienone is 1. The van der Waals surface area contributed by atoms with E-state index in [9.17, 15) is 17.6 Å². The van der Waals surface area contributed by atoms with Crippen molar-refractivity contribution >= 4 is 11.6 Å². The molecule has 0 saturated carbocycles. The summed E-state index contributed by atoms with van der Waals surface area (Å²) in [5, 5.41) is -0.336. The fourth-order valence-corrected chi connectivity index (χ4v) is 2.96. The molecule has 2 rings (SSSR count). The first-order valence-corrected chi connectivity index (χ1v) is 8.06. The molecule has 1 atom stereocenters. The van der Waals surface area contributed by atoms with E-state index in [0.29, 0.717) is 18.7 Å². The molecule has 1 nitrogen and oxygen atoms in total. The average molecular weight is 360 g/mol. The molecule has 1 aromatic rings. The largest absolute Gasteiger partial charge is 0.416 e. The molecule has 1 aliphatic heterocycles. The van der Waals surface area contributed by atoms with Crippen LogP contribution in [0.1, 0.15) is 43.4 Å². The molecule has 0 aromatic heterocycles. The van der Waals surface area contributed by atoms with E-state index in [0.717, 1.165) is 31.4 Å². The van der Waals surface area contributed by atoms with Crippen LogP contribution < -0.4 is 0 Å². The van der Waals surface area contributed by atoms with Gasteiger partial charge in [-0.25, -0.2) is 4.39 Å². The third-order valence-corrected chi connectivity index (χ3v) is 4.18. The first-order valence-electron chi connectivity index (χ1n) is 7.68. The van der Waals surface area contributed by atoms with Gasteiger partial charge >= 0.3 is 6.18 Å². The number of nitrogens with zero attached hydrogens (tertiary/aromatic N) is 1. The second-order valence-corrected chi connectivity index (χ2v) is 6.28. The Hall–Kier alpha value is -1.51. The van der Waals surface area contributed by atoms with Crippen molar-refractivity contribution in [3.8, 4) is 11.8 Å². The van der Waals surface area contributed by atoms with Gasteiger partial charge in [-0.1, -0.05) is 36.4 Å². The van der Waals surface area contributed by atoms with E-state index in [1.54, 1.807) is 11.8 Å². The van der Waals surface area contributed by atoms with Gasteiger partial charge in [0, 0.05) is 5.56 Å². The van der Waals surface area contributed by atoms with Crippen molar-refractivity contribution in [3.05, 3.63) is 46.3 Å². The van der Waals surface area contributed by atoms with E-state index in [1.807, 2.05) is 0 Å². The van der Waals surface area contributed by atoms with Gasteiger partial charge in [0.1, 0.15) is 11.9 Å². The molecule has 0 amide bonds. The predicted octanol–water partition coefficient (Wildman–Crippen LogP) is 5.60. The lowest BCUT2D eigenvalue weighted by molar-refractivity contribution is -0.138. The third kappa shape index (κ3) is 4.31. The number of alkyl halides is 3. The lowest BCUT2D eigenvalue weighted by Gasteiger charge is -2.33. The van der Waals surface area contributed by atoms with Crippen LogP contribution in [0.5, 0.6) is 0 Å². The van der Waals surface area contributed by atoms with Gasteiger partial charge in [-0.15, -0.1) is 0 Å². The summed E-state index contributed by atoms with van der Waals surface area (Å²) in [5.41, 5.74) is -1.02. The molecule has 1 aliphatic rings. The molecule has 6 heteroatoms. The summed E-state index contributed by atoms with van der Waals surface area (Å²) < 4.78 is 54.8. The Morgan fingerprint density at radius 2 is 1.88 bits per heavy atom. The van der Waals surface area contributed by atoms with Crippen LogP contribution in [0.2, 0.25) is 5.02 Å². The first-order chi connectivity index (χ1) is 11.2. The molecule has 1 heterocycles. The summed E-state index contributed by atoms with van der Waals surface area (Å²) in [6.45, 7) is 6.43. The molecular formula is C18H18ClF4N. The zero-order valence-corrected chi connectivity index (χ0v) is 14.1. The van der Waals surface area contributed by atoms with Crippen molar-refractivity contribution in [2.45, 2.75) is 38.4 Å². The van der Waals surface area contributed by atoms with Gasteiger partial charge in [0.2, 0.25) is 0 Å². The van der Waals surface area contributed by atoms with E-state index in [2.05, 4.69) is 18.4 Å². The van der Waals surface area contributed by atoms with Crippen molar-refractivity contribution < 1.29 is 17.6 Å². The molecule has 24 heavy (non-hydrogen) atoms. The van der Waals surface area contributed by atoms with Crippen molar-refractivity contribution in [2.24, 2.45) is 0 Å². The number of benzene rings is 1. The monoisotopic (exact) mass is 359 g/mol. The molecule has 0 aliphatic carbocycles. The highest BCUT2D eigenvalue weighted by molar-refractivity contribution is 6.30. The molecular weight excluding hydrogens is 342 g/mol. The summed E-state index contributed by atoms with van der Waals surface area (Å²) in [6, 6.07) is 0.750. The topological polar surface area (TPSA) is 3.24 Å². The van der Waals surface area contributed by atoms with Crippen molar-refractivity contribution in [1.82, 2.24) is 4.90 Å². The van der Waals surface area contributed by atoms with Crippen molar-refractivity contribution in [1.29, 1.82) is 0 Å². The van der Waals surface area contributed by atoms with E-state index in [-0.39, 0.29) is 5.02 Å². The number of hydrogen-bond donors (Lipinski definition) is 0. The fraction of sp³-hybridized carbons (Fsp3) is 0.444. The van der Waals surface area contributed by atoms with Crippen LogP contribution in [-0.2, 0) is 6.18 Å². The lowest BCUT2D eigenvalue weighted by Crippen LogP contribution is -2.34. The average Bonchev–Trinajstić information content (AvgIpc) is 2.51.